The van der Waals surface area contributed by atoms with Gasteiger partial charge < -0.3 is 10.2 Å². The van der Waals surface area contributed by atoms with E-state index in [-0.39, 0.29) is 11.9 Å². The van der Waals surface area contributed by atoms with Crippen LogP contribution in [-0.4, -0.2) is 46.7 Å². The van der Waals surface area contributed by atoms with Crippen LogP contribution in [0.2, 0.25) is 5.02 Å². The summed E-state index contributed by atoms with van der Waals surface area (Å²) in [4.78, 5) is 14.9. The van der Waals surface area contributed by atoms with Gasteiger partial charge in [-0.05, 0) is 37.9 Å². The molecular formula is C18H23ClN4O. The molecule has 0 unspecified atom stereocenters. The Morgan fingerprint density at radius 3 is 2.83 bits per heavy atom. The Bertz CT molecular complexity index is 692. The third-order valence-corrected chi connectivity index (χ3v) is 4.76. The van der Waals surface area contributed by atoms with E-state index in [1.165, 1.54) is 6.42 Å². The fraction of sp³-hybridized carbons (Fsp3) is 0.444. The summed E-state index contributed by atoms with van der Waals surface area (Å²) in [6, 6.07) is 9.47. The third-order valence-electron chi connectivity index (χ3n) is 4.43. The Morgan fingerprint density at radius 1 is 1.38 bits per heavy atom. The molecule has 0 spiro atoms. The van der Waals surface area contributed by atoms with Crippen LogP contribution in [0.3, 0.4) is 0 Å². The first-order valence-electron chi connectivity index (χ1n) is 8.51. The molecule has 128 valence electrons. The minimum Gasteiger partial charge on any atom is -0.348 e. The van der Waals surface area contributed by atoms with E-state index < -0.39 is 0 Å². The van der Waals surface area contributed by atoms with Crippen molar-refractivity contribution in [1.82, 2.24) is 20.4 Å². The Balaban J connectivity index is 1.60. The fourth-order valence-corrected chi connectivity index (χ4v) is 3.36. The van der Waals surface area contributed by atoms with E-state index in [9.17, 15) is 4.79 Å². The number of hydrogen-bond donors (Lipinski definition) is 2. The van der Waals surface area contributed by atoms with Crippen molar-refractivity contribution >= 4 is 17.5 Å². The highest BCUT2D eigenvalue weighted by atomic mass is 35.5. The highest BCUT2D eigenvalue weighted by Gasteiger charge is 2.21. The number of H-pyrrole nitrogens is 1. The Labute approximate surface area is 147 Å². The van der Waals surface area contributed by atoms with Crippen LogP contribution in [0.4, 0.5) is 0 Å². The lowest BCUT2D eigenvalue weighted by atomic mass is 10.0. The average Bonchev–Trinajstić information content (AvgIpc) is 3.07. The number of aromatic amines is 1. The number of carbonyl (C=O) groups excluding carboxylic acids is 1. The number of nitrogens with one attached hydrogen (secondary N) is 2. The Kier molecular flexibility index (Phi) is 5.53. The number of carbonyl (C=O) groups is 1. The van der Waals surface area contributed by atoms with Crippen molar-refractivity contribution in [3.8, 4) is 11.3 Å². The molecule has 0 bridgehead atoms. The third kappa shape index (κ3) is 3.97. The maximum atomic E-state index is 12.4. The van der Waals surface area contributed by atoms with Crippen molar-refractivity contribution in [2.45, 2.75) is 32.2 Å². The zero-order chi connectivity index (χ0) is 16.9. The lowest BCUT2D eigenvalue weighted by molar-refractivity contribution is 0.0906. The van der Waals surface area contributed by atoms with Gasteiger partial charge in [0, 0.05) is 24.7 Å². The number of amides is 1. The van der Waals surface area contributed by atoms with Crippen LogP contribution in [0, 0.1) is 0 Å². The van der Waals surface area contributed by atoms with Gasteiger partial charge in [-0.15, -0.1) is 0 Å². The number of nitrogens with zero attached hydrogens (tertiary/aromatic N) is 2. The molecule has 1 fully saturated rings. The van der Waals surface area contributed by atoms with Crippen LogP contribution in [0.25, 0.3) is 11.3 Å². The summed E-state index contributed by atoms with van der Waals surface area (Å²) < 4.78 is 0. The second kappa shape index (κ2) is 7.81. The quantitative estimate of drug-likeness (QED) is 0.873. The molecule has 1 aliphatic rings. The molecule has 1 aromatic heterocycles. The van der Waals surface area contributed by atoms with Crippen molar-refractivity contribution in [2.24, 2.45) is 0 Å². The van der Waals surface area contributed by atoms with Gasteiger partial charge in [0.05, 0.1) is 10.7 Å². The van der Waals surface area contributed by atoms with Gasteiger partial charge in [0.15, 0.2) is 0 Å². The Hall–Kier alpha value is -1.85. The first kappa shape index (κ1) is 17.0. The van der Waals surface area contributed by atoms with Crippen LogP contribution in [0.5, 0.6) is 0 Å². The first-order chi connectivity index (χ1) is 11.7. The van der Waals surface area contributed by atoms with Crippen LogP contribution in [0.15, 0.2) is 30.3 Å². The molecule has 1 amide bonds. The van der Waals surface area contributed by atoms with Crippen LogP contribution < -0.4 is 5.32 Å². The highest BCUT2D eigenvalue weighted by molar-refractivity contribution is 6.33. The molecule has 0 radical (unpaired) electrons. The summed E-state index contributed by atoms with van der Waals surface area (Å²) in [7, 11) is 0. The minimum atomic E-state index is -0.102. The van der Waals surface area contributed by atoms with E-state index in [2.05, 4.69) is 27.3 Å². The molecular weight excluding hydrogens is 324 g/mol. The van der Waals surface area contributed by atoms with Crippen LogP contribution >= 0.6 is 11.6 Å². The van der Waals surface area contributed by atoms with Gasteiger partial charge in [-0.25, -0.2) is 0 Å². The number of piperidine rings is 1. The summed E-state index contributed by atoms with van der Waals surface area (Å²) in [5, 5.41) is 10.8. The summed E-state index contributed by atoms with van der Waals surface area (Å²) in [6.07, 6.45) is 3.17. The molecule has 0 atom stereocenters. The summed E-state index contributed by atoms with van der Waals surface area (Å²) >= 11 is 6.18. The standard InChI is InChI=1S/C18H23ClN4O/c1-2-9-23-10-7-13(8-11-23)20-18(24)17-12-16(21-22-17)14-5-3-4-6-15(14)19/h3-6,12-13H,2,7-11H2,1H3,(H,20,24)(H,21,22). The first-order valence-corrected chi connectivity index (χ1v) is 8.88. The molecule has 2 aromatic rings. The molecule has 5 nitrogen and oxygen atoms in total. The molecule has 0 aliphatic carbocycles. The van der Waals surface area contributed by atoms with Crippen molar-refractivity contribution in [2.75, 3.05) is 19.6 Å². The normalized spacial score (nSPS) is 16.2. The second-order valence-electron chi connectivity index (χ2n) is 6.24. The van der Waals surface area contributed by atoms with Gasteiger partial charge in [0.1, 0.15) is 5.69 Å². The van der Waals surface area contributed by atoms with E-state index in [0.717, 1.165) is 38.0 Å². The highest BCUT2D eigenvalue weighted by Crippen LogP contribution is 2.26. The van der Waals surface area contributed by atoms with E-state index in [1.807, 2.05) is 24.3 Å². The predicted octanol–water partition coefficient (Wildman–Crippen LogP) is 3.33. The topological polar surface area (TPSA) is 61.0 Å². The number of halogens is 1. The number of rotatable bonds is 5. The zero-order valence-electron chi connectivity index (χ0n) is 13.9. The monoisotopic (exact) mass is 346 g/mol. The van der Waals surface area contributed by atoms with Crippen molar-refractivity contribution < 1.29 is 4.79 Å². The summed E-state index contributed by atoms with van der Waals surface area (Å²) in [5.41, 5.74) is 1.98. The van der Waals surface area contributed by atoms with Gasteiger partial charge in [-0.3, -0.25) is 9.89 Å². The molecule has 3 rings (SSSR count). The average molecular weight is 347 g/mol. The van der Waals surface area contributed by atoms with Crippen LogP contribution in [0.1, 0.15) is 36.7 Å². The maximum Gasteiger partial charge on any atom is 0.269 e. The minimum absolute atomic E-state index is 0.102. The fourth-order valence-electron chi connectivity index (χ4n) is 3.13. The second-order valence-corrected chi connectivity index (χ2v) is 6.64. The zero-order valence-corrected chi connectivity index (χ0v) is 14.6. The number of aromatic nitrogens is 2. The summed E-state index contributed by atoms with van der Waals surface area (Å²) in [6.45, 7) is 5.43. The maximum absolute atomic E-state index is 12.4. The number of hydrogen-bond acceptors (Lipinski definition) is 3. The molecule has 24 heavy (non-hydrogen) atoms. The SMILES string of the molecule is CCCN1CCC(NC(=O)c2cc(-c3ccccc3Cl)n[nH]2)CC1. The molecule has 1 aromatic carbocycles. The molecule has 0 saturated carbocycles. The summed E-state index contributed by atoms with van der Waals surface area (Å²) in [5.74, 6) is -0.102. The predicted molar refractivity (Wildman–Crippen MR) is 96.3 cm³/mol. The van der Waals surface area contributed by atoms with Crippen LogP contribution in [-0.2, 0) is 0 Å². The van der Waals surface area contributed by atoms with E-state index in [1.54, 1.807) is 6.07 Å². The largest absolute Gasteiger partial charge is 0.348 e. The molecule has 1 saturated heterocycles. The lowest BCUT2D eigenvalue weighted by Gasteiger charge is -2.31. The van der Waals surface area contributed by atoms with E-state index in [4.69, 9.17) is 11.6 Å². The molecule has 1 aliphatic heterocycles. The molecule has 2 heterocycles. The van der Waals surface area contributed by atoms with E-state index >= 15 is 0 Å². The van der Waals surface area contributed by atoms with Gasteiger partial charge in [0.2, 0.25) is 0 Å². The van der Waals surface area contributed by atoms with Crippen molar-refractivity contribution in [1.29, 1.82) is 0 Å². The van der Waals surface area contributed by atoms with E-state index in [0.29, 0.717) is 16.4 Å². The van der Waals surface area contributed by atoms with Crippen molar-refractivity contribution in [3.05, 3.63) is 41.0 Å². The lowest BCUT2D eigenvalue weighted by Crippen LogP contribution is -2.44. The number of likely N-dealkylation sites (tertiary alicyclic amines) is 1. The smallest absolute Gasteiger partial charge is 0.269 e. The van der Waals surface area contributed by atoms with Gasteiger partial charge in [-0.1, -0.05) is 36.7 Å². The van der Waals surface area contributed by atoms with Gasteiger partial charge in [0.25, 0.3) is 5.91 Å². The van der Waals surface area contributed by atoms with Gasteiger partial charge >= 0.3 is 0 Å². The number of benzene rings is 1. The van der Waals surface area contributed by atoms with Crippen molar-refractivity contribution in [3.63, 3.8) is 0 Å². The van der Waals surface area contributed by atoms with Gasteiger partial charge in [-0.2, -0.15) is 5.10 Å². The Morgan fingerprint density at radius 2 is 2.12 bits per heavy atom. The molecule has 2 N–H and O–H groups in total. The molecule has 6 heteroatoms.